The van der Waals surface area contributed by atoms with Gasteiger partial charge in [0.15, 0.2) is 0 Å². The van der Waals surface area contributed by atoms with Crippen molar-refractivity contribution in [2.45, 2.75) is 25.6 Å². The summed E-state index contributed by atoms with van der Waals surface area (Å²) in [5, 5.41) is 3.10. The normalized spacial score (nSPS) is 13.4. The molecular formula is C13H18BrF3N2. The summed E-state index contributed by atoms with van der Waals surface area (Å²) in [5.74, 6) is 0. The molecule has 1 atom stereocenters. The van der Waals surface area contributed by atoms with Crippen molar-refractivity contribution in [3.63, 3.8) is 0 Å². The number of nitrogens with one attached hydrogen (secondary N) is 1. The molecule has 0 amide bonds. The predicted molar refractivity (Wildman–Crippen MR) is 75.6 cm³/mol. The van der Waals surface area contributed by atoms with Gasteiger partial charge in [-0.15, -0.1) is 0 Å². The maximum absolute atomic E-state index is 12.3. The summed E-state index contributed by atoms with van der Waals surface area (Å²) < 4.78 is 37.7. The summed E-state index contributed by atoms with van der Waals surface area (Å²) in [5.41, 5.74) is 1.79. The number of hydrogen-bond donors (Lipinski definition) is 1. The second-order valence-electron chi connectivity index (χ2n) is 4.50. The third kappa shape index (κ3) is 5.03. The maximum atomic E-state index is 12.3. The van der Waals surface area contributed by atoms with Crippen molar-refractivity contribution in [3.8, 4) is 0 Å². The molecule has 2 nitrogen and oxygen atoms in total. The lowest BCUT2D eigenvalue weighted by Gasteiger charge is -2.25. The number of anilines is 1. The smallest absolute Gasteiger partial charge is 0.374 e. The minimum atomic E-state index is -4.13. The minimum Gasteiger partial charge on any atom is -0.374 e. The lowest BCUT2D eigenvalue weighted by Crippen LogP contribution is -2.26. The van der Waals surface area contributed by atoms with Gasteiger partial charge in [0.2, 0.25) is 0 Å². The highest BCUT2D eigenvalue weighted by molar-refractivity contribution is 9.10. The van der Waals surface area contributed by atoms with Crippen molar-refractivity contribution in [2.75, 3.05) is 25.5 Å². The van der Waals surface area contributed by atoms with Crippen LogP contribution in [-0.4, -0.2) is 26.8 Å². The van der Waals surface area contributed by atoms with Gasteiger partial charge in [-0.2, -0.15) is 13.2 Å². The average molecular weight is 339 g/mol. The van der Waals surface area contributed by atoms with Gasteiger partial charge in [-0.3, -0.25) is 0 Å². The Balaban J connectivity index is 2.93. The van der Waals surface area contributed by atoms with Gasteiger partial charge in [-0.1, -0.05) is 22.0 Å². The van der Waals surface area contributed by atoms with E-state index in [0.29, 0.717) is 0 Å². The number of hydrogen-bond acceptors (Lipinski definition) is 2. The molecule has 0 bridgehead atoms. The summed E-state index contributed by atoms with van der Waals surface area (Å²) in [4.78, 5) is 1.64. The zero-order chi connectivity index (χ0) is 14.6. The van der Waals surface area contributed by atoms with Crippen molar-refractivity contribution in [1.29, 1.82) is 0 Å². The molecule has 1 rings (SSSR count). The first-order chi connectivity index (χ1) is 8.74. The molecule has 0 radical (unpaired) electrons. The molecule has 1 N–H and O–H groups in total. The Morgan fingerprint density at radius 1 is 1.37 bits per heavy atom. The van der Waals surface area contributed by atoms with E-state index in [0.717, 1.165) is 15.7 Å². The van der Waals surface area contributed by atoms with Crippen LogP contribution in [0, 0.1) is 0 Å². The van der Waals surface area contributed by atoms with E-state index in [1.807, 2.05) is 32.2 Å². The molecule has 108 valence electrons. The summed E-state index contributed by atoms with van der Waals surface area (Å²) in [6.07, 6.45) is -4.95. The maximum Gasteiger partial charge on any atom is 0.390 e. The summed E-state index contributed by atoms with van der Waals surface area (Å²) >= 11 is 3.36. The van der Waals surface area contributed by atoms with Crippen molar-refractivity contribution in [3.05, 3.63) is 28.2 Å². The summed E-state index contributed by atoms with van der Waals surface area (Å²) in [6.45, 7) is 1.92. The van der Waals surface area contributed by atoms with Crippen LogP contribution in [-0.2, 0) is 0 Å². The van der Waals surface area contributed by atoms with Gasteiger partial charge < -0.3 is 10.2 Å². The first kappa shape index (κ1) is 16.3. The lowest BCUT2D eigenvalue weighted by atomic mass is 10.1. The third-order valence-corrected chi connectivity index (χ3v) is 3.53. The molecule has 0 aliphatic heterocycles. The van der Waals surface area contributed by atoms with E-state index < -0.39 is 12.6 Å². The highest BCUT2D eigenvalue weighted by Gasteiger charge is 2.27. The van der Waals surface area contributed by atoms with E-state index in [1.54, 1.807) is 11.9 Å². The average Bonchev–Trinajstić information content (AvgIpc) is 2.34. The van der Waals surface area contributed by atoms with Crippen LogP contribution in [0.1, 0.15) is 24.9 Å². The quantitative estimate of drug-likeness (QED) is 0.868. The molecule has 1 aromatic carbocycles. The van der Waals surface area contributed by atoms with Crippen LogP contribution in [0.5, 0.6) is 0 Å². The minimum absolute atomic E-state index is 0.0522. The second-order valence-corrected chi connectivity index (χ2v) is 5.42. The van der Waals surface area contributed by atoms with Crippen LogP contribution in [0.4, 0.5) is 18.9 Å². The molecule has 0 aliphatic rings. The van der Waals surface area contributed by atoms with E-state index >= 15 is 0 Å². The van der Waals surface area contributed by atoms with Gasteiger partial charge in [0.25, 0.3) is 0 Å². The first-order valence-corrected chi connectivity index (χ1v) is 6.78. The van der Waals surface area contributed by atoms with E-state index in [2.05, 4.69) is 21.2 Å². The van der Waals surface area contributed by atoms with E-state index in [4.69, 9.17) is 0 Å². The van der Waals surface area contributed by atoms with Crippen LogP contribution >= 0.6 is 15.9 Å². The number of rotatable bonds is 5. The fraction of sp³-hybridized carbons (Fsp3) is 0.538. The van der Waals surface area contributed by atoms with Crippen molar-refractivity contribution in [1.82, 2.24) is 5.32 Å². The lowest BCUT2D eigenvalue weighted by molar-refractivity contribution is -0.132. The van der Waals surface area contributed by atoms with Crippen molar-refractivity contribution >= 4 is 21.6 Å². The molecule has 19 heavy (non-hydrogen) atoms. The van der Waals surface area contributed by atoms with Gasteiger partial charge in [-0.05, 0) is 31.7 Å². The number of nitrogens with zero attached hydrogens (tertiary/aromatic N) is 1. The standard InChI is InChI=1S/C13H18BrF3N2/c1-9(18-2)11-5-4-10(14)8-12(11)19(3)7-6-13(15,16)17/h4-5,8-9,18H,6-7H2,1-3H3. The molecule has 1 unspecified atom stereocenters. The Morgan fingerprint density at radius 3 is 2.53 bits per heavy atom. The Morgan fingerprint density at radius 2 is 2.00 bits per heavy atom. The first-order valence-electron chi connectivity index (χ1n) is 5.99. The molecule has 0 fully saturated rings. The Kier molecular flexibility index (Phi) is 5.67. The largest absolute Gasteiger partial charge is 0.390 e. The molecule has 0 spiro atoms. The fourth-order valence-corrected chi connectivity index (χ4v) is 2.13. The van der Waals surface area contributed by atoms with E-state index in [-0.39, 0.29) is 12.6 Å². The number of benzene rings is 1. The van der Waals surface area contributed by atoms with Crippen LogP contribution in [0.2, 0.25) is 0 Å². The molecule has 0 saturated heterocycles. The van der Waals surface area contributed by atoms with Gasteiger partial charge in [0.05, 0.1) is 6.42 Å². The van der Waals surface area contributed by atoms with Gasteiger partial charge in [0.1, 0.15) is 0 Å². The van der Waals surface area contributed by atoms with E-state index in [1.165, 1.54) is 0 Å². The number of halogens is 4. The third-order valence-electron chi connectivity index (χ3n) is 3.03. The Labute approximate surface area is 120 Å². The predicted octanol–water partition coefficient (Wildman–Crippen LogP) is 4.12. The second kappa shape index (κ2) is 6.61. The molecule has 0 heterocycles. The Bertz CT molecular complexity index is 421. The molecule has 0 aliphatic carbocycles. The topological polar surface area (TPSA) is 15.3 Å². The van der Waals surface area contributed by atoms with Crippen molar-refractivity contribution in [2.24, 2.45) is 0 Å². The van der Waals surface area contributed by atoms with Gasteiger partial charge in [-0.25, -0.2) is 0 Å². The Hall–Kier alpha value is -0.750. The highest BCUT2D eigenvalue weighted by Crippen LogP contribution is 2.30. The molecule has 6 heteroatoms. The van der Waals surface area contributed by atoms with Gasteiger partial charge in [0, 0.05) is 29.8 Å². The van der Waals surface area contributed by atoms with Crippen molar-refractivity contribution < 1.29 is 13.2 Å². The summed E-state index contributed by atoms with van der Waals surface area (Å²) in [6, 6.07) is 5.74. The van der Waals surface area contributed by atoms with Crippen LogP contribution < -0.4 is 10.2 Å². The number of alkyl halides is 3. The fourth-order valence-electron chi connectivity index (χ4n) is 1.78. The zero-order valence-corrected chi connectivity index (χ0v) is 12.8. The molecule has 0 aromatic heterocycles. The summed E-state index contributed by atoms with van der Waals surface area (Å²) in [7, 11) is 3.51. The highest BCUT2D eigenvalue weighted by atomic mass is 79.9. The monoisotopic (exact) mass is 338 g/mol. The molecule has 0 saturated carbocycles. The van der Waals surface area contributed by atoms with Crippen LogP contribution in [0.25, 0.3) is 0 Å². The van der Waals surface area contributed by atoms with Crippen LogP contribution in [0.3, 0.4) is 0 Å². The van der Waals surface area contributed by atoms with Crippen LogP contribution in [0.15, 0.2) is 22.7 Å². The van der Waals surface area contributed by atoms with E-state index in [9.17, 15) is 13.2 Å². The zero-order valence-electron chi connectivity index (χ0n) is 11.2. The molecule has 1 aromatic rings. The van der Waals surface area contributed by atoms with Gasteiger partial charge >= 0.3 is 6.18 Å². The molecular weight excluding hydrogens is 321 g/mol. The SMILES string of the molecule is CNC(C)c1ccc(Br)cc1N(C)CCC(F)(F)F.